The van der Waals surface area contributed by atoms with E-state index in [1.54, 1.807) is 12.4 Å². The summed E-state index contributed by atoms with van der Waals surface area (Å²) in [5, 5.41) is 4.08. The first-order chi connectivity index (χ1) is 7.24. The molecule has 0 saturated heterocycles. The van der Waals surface area contributed by atoms with Gasteiger partial charge in [-0.1, -0.05) is 18.5 Å². The van der Waals surface area contributed by atoms with Gasteiger partial charge in [-0.25, -0.2) is 0 Å². The normalized spacial score (nSPS) is 10.9. The van der Waals surface area contributed by atoms with Gasteiger partial charge in [-0.15, -0.1) is 0 Å². The molecule has 84 valence electrons. The van der Waals surface area contributed by atoms with Crippen molar-refractivity contribution in [3.8, 4) is 0 Å². The standard InChI is InChI=1S/C11H18ClN3/c1-3-15(2)7-6-14-8-10-4-5-13-9-11(10)12/h4-5,9,14H,3,6-8H2,1-2H3. The van der Waals surface area contributed by atoms with E-state index in [1.165, 1.54) is 0 Å². The molecule has 0 aliphatic carbocycles. The van der Waals surface area contributed by atoms with Gasteiger partial charge in [0.05, 0.1) is 5.02 Å². The quantitative estimate of drug-likeness (QED) is 0.751. The van der Waals surface area contributed by atoms with E-state index in [0.717, 1.165) is 36.8 Å². The van der Waals surface area contributed by atoms with Crippen molar-refractivity contribution in [1.82, 2.24) is 15.2 Å². The van der Waals surface area contributed by atoms with Crippen molar-refractivity contribution in [2.75, 3.05) is 26.7 Å². The van der Waals surface area contributed by atoms with Crippen molar-refractivity contribution in [3.05, 3.63) is 29.0 Å². The van der Waals surface area contributed by atoms with Crippen molar-refractivity contribution < 1.29 is 0 Å². The maximum atomic E-state index is 5.98. The Kier molecular flexibility index (Phi) is 5.61. The van der Waals surface area contributed by atoms with Crippen LogP contribution in [0, 0.1) is 0 Å². The molecule has 1 rings (SSSR count). The smallest absolute Gasteiger partial charge is 0.0634 e. The van der Waals surface area contributed by atoms with E-state index in [-0.39, 0.29) is 0 Å². The number of pyridine rings is 1. The lowest BCUT2D eigenvalue weighted by Gasteiger charge is -2.14. The second-order valence-electron chi connectivity index (χ2n) is 3.54. The Morgan fingerprint density at radius 2 is 2.33 bits per heavy atom. The number of nitrogens with zero attached hydrogens (tertiary/aromatic N) is 2. The summed E-state index contributed by atoms with van der Waals surface area (Å²) < 4.78 is 0. The lowest BCUT2D eigenvalue weighted by Crippen LogP contribution is -2.28. The number of aromatic nitrogens is 1. The average molecular weight is 228 g/mol. The molecule has 1 heterocycles. The molecule has 0 aliphatic rings. The summed E-state index contributed by atoms with van der Waals surface area (Å²) in [4.78, 5) is 6.21. The first-order valence-corrected chi connectivity index (χ1v) is 5.59. The number of rotatable bonds is 6. The van der Waals surface area contributed by atoms with Crippen LogP contribution >= 0.6 is 11.6 Å². The Bertz CT molecular complexity index is 291. The van der Waals surface area contributed by atoms with Crippen molar-refractivity contribution in [2.45, 2.75) is 13.5 Å². The Morgan fingerprint density at radius 3 is 3.00 bits per heavy atom. The fraction of sp³-hybridized carbons (Fsp3) is 0.545. The van der Waals surface area contributed by atoms with Gasteiger partial charge >= 0.3 is 0 Å². The molecule has 0 unspecified atom stereocenters. The molecule has 0 spiro atoms. The van der Waals surface area contributed by atoms with E-state index in [2.05, 4.69) is 29.2 Å². The summed E-state index contributed by atoms with van der Waals surface area (Å²) in [6.45, 7) is 6.07. The first kappa shape index (κ1) is 12.4. The molecule has 1 aromatic heterocycles. The van der Waals surface area contributed by atoms with E-state index in [9.17, 15) is 0 Å². The number of nitrogens with one attached hydrogen (secondary N) is 1. The average Bonchev–Trinajstić information content (AvgIpc) is 2.26. The highest BCUT2D eigenvalue weighted by molar-refractivity contribution is 6.31. The Morgan fingerprint density at radius 1 is 1.53 bits per heavy atom. The van der Waals surface area contributed by atoms with E-state index >= 15 is 0 Å². The highest BCUT2D eigenvalue weighted by Crippen LogP contribution is 2.12. The minimum absolute atomic E-state index is 0.730. The van der Waals surface area contributed by atoms with Gasteiger partial charge < -0.3 is 10.2 Å². The number of hydrogen-bond acceptors (Lipinski definition) is 3. The number of likely N-dealkylation sites (N-methyl/N-ethyl adjacent to an activating group) is 1. The van der Waals surface area contributed by atoms with Gasteiger partial charge in [0, 0.05) is 32.0 Å². The van der Waals surface area contributed by atoms with Crippen LogP contribution < -0.4 is 5.32 Å². The molecule has 3 nitrogen and oxygen atoms in total. The van der Waals surface area contributed by atoms with Crippen LogP contribution in [-0.4, -0.2) is 36.6 Å². The van der Waals surface area contributed by atoms with Gasteiger partial charge in [0.15, 0.2) is 0 Å². The first-order valence-electron chi connectivity index (χ1n) is 5.21. The van der Waals surface area contributed by atoms with E-state index in [1.807, 2.05) is 6.07 Å². The molecule has 0 radical (unpaired) electrons. The SMILES string of the molecule is CCN(C)CCNCc1ccncc1Cl. The van der Waals surface area contributed by atoms with Gasteiger partial charge in [-0.05, 0) is 25.2 Å². The second kappa shape index (κ2) is 6.77. The maximum absolute atomic E-state index is 5.98. The van der Waals surface area contributed by atoms with Crippen LogP contribution in [0.4, 0.5) is 0 Å². The zero-order chi connectivity index (χ0) is 11.1. The summed E-state index contributed by atoms with van der Waals surface area (Å²) in [5.74, 6) is 0. The van der Waals surface area contributed by atoms with Crippen LogP contribution in [0.5, 0.6) is 0 Å². The number of halogens is 1. The van der Waals surface area contributed by atoms with E-state index < -0.39 is 0 Å². The predicted octanol–water partition coefficient (Wildman–Crippen LogP) is 1.78. The lowest BCUT2D eigenvalue weighted by molar-refractivity contribution is 0.349. The van der Waals surface area contributed by atoms with Gasteiger partial charge in [0.2, 0.25) is 0 Å². The molecule has 0 saturated carbocycles. The highest BCUT2D eigenvalue weighted by Gasteiger charge is 1.99. The van der Waals surface area contributed by atoms with Crippen molar-refractivity contribution in [3.63, 3.8) is 0 Å². The molecule has 0 bridgehead atoms. The van der Waals surface area contributed by atoms with Crippen molar-refractivity contribution in [1.29, 1.82) is 0 Å². The summed E-state index contributed by atoms with van der Waals surface area (Å²) in [6, 6.07) is 1.94. The van der Waals surface area contributed by atoms with Gasteiger partial charge in [0.25, 0.3) is 0 Å². The Labute approximate surface area is 96.5 Å². The second-order valence-corrected chi connectivity index (χ2v) is 3.95. The van der Waals surface area contributed by atoms with Gasteiger partial charge in [0.1, 0.15) is 0 Å². The minimum Gasteiger partial charge on any atom is -0.311 e. The molecular formula is C11H18ClN3. The van der Waals surface area contributed by atoms with Crippen LogP contribution in [0.25, 0.3) is 0 Å². The monoisotopic (exact) mass is 227 g/mol. The zero-order valence-electron chi connectivity index (χ0n) is 9.33. The largest absolute Gasteiger partial charge is 0.311 e. The molecular weight excluding hydrogens is 210 g/mol. The molecule has 0 fully saturated rings. The van der Waals surface area contributed by atoms with Crippen LogP contribution in [0.1, 0.15) is 12.5 Å². The Balaban J connectivity index is 2.23. The highest BCUT2D eigenvalue weighted by atomic mass is 35.5. The van der Waals surface area contributed by atoms with Gasteiger partial charge in [-0.3, -0.25) is 4.98 Å². The van der Waals surface area contributed by atoms with E-state index in [4.69, 9.17) is 11.6 Å². The third-order valence-electron chi connectivity index (χ3n) is 2.38. The fourth-order valence-electron chi connectivity index (χ4n) is 1.20. The molecule has 0 aliphatic heterocycles. The summed E-state index contributed by atoms with van der Waals surface area (Å²) >= 11 is 5.98. The fourth-order valence-corrected chi connectivity index (χ4v) is 1.38. The third-order valence-corrected chi connectivity index (χ3v) is 2.72. The molecule has 0 amide bonds. The lowest BCUT2D eigenvalue weighted by atomic mass is 10.2. The van der Waals surface area contributed by atoms with E-state index in [0.29, 0.717) is 0 Å². The summed E-state index contributed by atoms with van der Waals surface area (Å²) in [6.07, 6.45) is 3.44. The minimum atomic E-state index is 0.730. The molecule has 0 aromatic carbocycles. The predicted molar refractivity (Wildman–Crippen MR) is 64.1 cm³/mol. The maximum Gasteiger partial charge on any atom is 0.0634 e. The van der Waals surface area contributed by atoms with Crippen LogP contribution in [0.2, 0.25) is 5.02 Å². The van der Waals surface area contributed by atoms with Crippen molar-refractivity contribution >= 4 is 11.6 Å². The van der Waals surface area contributed by atoms with Crippen LogP contribution in [0.15, 0.2) is 18.5 Å². The molecule has 4 heteroatoms. The molecule has 15 heavy (non-hydrogen) atoms. The van der Waals surface area contributed by atoms with Crippen molar-refractivity contribution in [2.24, 2.45) is 0 Å². The molecule has 1 N–H and O–H groups in total. The number of hydrogen-bond donors (Lipinski definition) is 1. The topological polar surface area (TPSA) is 28.2 Å². The summed E-state index contributed by atoms with van der Waals surface area (Å²) in [7, 11) is 2.11. The zero-order valence-corrected chi connectivity index (χ0v) is 10.1. The van der Waals surface area contributed by atoms with Crippen LogP contribution in [-0.2, 0) is 6.54 Å². The van der Waals surface area contributed by atoms with Gasteiger partial charge in [-0.2, -0.15) is 0 Å². The summed E-state index contributed by atoms with van der Waals surface area (Å²) in [5.41, 5.74) is 1.10. The van der Waals surface area contributed by atoms with Crippen LogP contribution in [0.3, 0.4) is 0 Å². The third kappa shape index (κ3) is 4.60. The molecule has 1 aromatic rings. The molecule has 0 atom stereocenters. The Hall–Kier alpha value is -0.640.